The molecule has 1 saturated carbocycles. The Balaban J connectivity index is 1.35. The molecule has 208 valence electrons. The van der Waals surface area contributed by atoms with Crippen LogP contribution in [0.3, 0.4) is 0 Å². The topological polar surface area (TPSA) is 222 Å². The largest absolute Gasteiger partial charge is 0.477 e. The predicted molar refractivity (Wildman–Crippen MR) is 142 cm³/mol. The lowest BCUT2D eigenvalue weighted by atomic mass is 10.00. The van der Waals surface area contributed by atoms with E-state index in [1.165, 1.54) is 16.7 Å². The van der Waals surface area contributed by atoms with E-state index in [4.69, 9.17) is 10.6 Å². The standard InChI is InChI=1S/C21H25N9O6S3/c22-20-23-11(8-38-20)13(27-36-9-3-1-2-4-9)16(32)24-14-17(33)30-15(19(34)35)10(7-37-18(14)30)12(5-6-31)39-21-25-28-29-26-21/h8-9,12,14,18,31H,1-7H2,(H2,22,23)(H,24,32)(H,34,35)(H,25,26,28,29)/t12?,14?,18-/m1/s1. The molecule has 1 saturated heterocycles. The van der Waals surface area contributed by atoms with Gasteiger partial charge in [0.25, 0.3) is 11.8 Å². The number of carbonyl (C=O) groups excluding carboxylic acids is 2. The lowest BCUT2D eigenvalue weighted by Gasteiger charge is -2.50. The first-order chi connectivity index (χ1) is 18.9. The van der Waals surface area contributed by atoms with Gasteiger partial charge < -0.3 is 26.1 Å². The number of nitrogens with zero attached hydrogens (tertiary/aromatic N) is 6. The molecule has 0 bridgehead atoms. The molecule has 4 heterocycles. The van der Waals surface area contributed by atoms with E-state index in [1.807, 2.05) is 0 Å². The number of hydrogen-bond donors (Lipinski definition) is 5. The van der Waals surface area contributed by atoms with E-state index in [9.17, 15) is 24.6 Å². The number of β-lactam (4-membered cyclic amide) rings is 1. The number of nitrogens with two attached hydrogens (primary N) is 1. The number of carboxylic acids is 1. The maximum atomic E-state index is 13.3. The number of amides is 2. The quantitative estimate of drug-likeness (QED) is 0.101. The molecule has 2 aromatic rings. The van der Waals surface area contributed by atoms with E-state index in [1.54, 1.807) is 5.38 Å². The minimum atomic E-state index is -1.28. The van der Waals surface area contributed by atoms with Gasteiger partial charge in [0, 0.05) is 23.0 Å². The number of fused-ring (bicyclic) bond motifs is 1. The SMILES string of the molecule is Nc1nc(C(=NOC2CCCC2)C(=O)NC2C(=O)N3C(C(=O)O)=C(C(CCO)Sc4nn[nH]n4)CS[C@H]23)cs1. The number of aliphatic hydroxyl groups excluding tert-OH is 1. The summed E-state index contributed by atoms with van der Waals surface area (Å²) in [6.07, 6.45) is 3.83. The summed E-state index contributed by atoms with van der Waals surface area (Å²) in [6.45, 7) is -0.210. The Kier molecular flexibility index (Phi) is 8.34. The number of nitrogens with one attached hydrogen (secondary N) is 2. The van der Waals surface area contributed by atoms with Crippen molar-refractivity contribution in [2.75, 3.05) is 18.1 Å². The number of tetrazole rings is 1. The summed E-state index contributed by atoms with van der Waals surface area (Å²) in [4.78, 5) is 49.7. The van der Waals surface area contributed by atoms with Gasteiger partial charge in [-0.3, -0.25) is 14.5 Å². The number of rotatable bonds is 11. The summed E-state index contributed by atoms with van der Waals surface area (Å²) in [7, 11) is 0. The van der Waals surface area contributed by atoms with Crippen molar-refractivity contribution in [2.24, 2.45) is 5.16 Å². The third-order valence-electron chi connectivity index (χ3n) is 6.42. The van der Waals surface area contributed by atoms with Crippen LogP contribution in [0.4, 0.5) is 5.13 Å². The highest BCUT2D eigenvalue weighted by Gasteiger charge is 2.55. The van der Waals surface area contributed by atoms with Gasteiger partial charge in [-0.25, -0.2) is 9.78 Å². The van der Waals surface area contributed by atoms with Gasteiger partial charge in [0.2, 0.25) is 5.16 Å². The number of aromatic amines is 1. The monoisotopic (exact) mass is 595 g/mol. The van der Waals surface area contributed by atoms with Gasteiger partial charge >= 0.3 is 5.97 Å². The molecule has 15 nitrogen and oxygen atoms in total. The molecule has 2 aromatic heterocycles. The normalized spacial score (nSPS) is 22.4. The summed E-state index contributed by atoms with van der Waals surface area (Å²) < 4.78 is 0. The van der Waals surface area contributed by atoms with Crippen molar-refractivity contribution in [1.82, 2.24) is 35.8 Å². The third-order valence-corrected chi connectivity index (χ3v) is 9.58. The summed E-state index contributed by atoms with van der Waals surface area (Å²) in [5, 5.41) is 41.0. The number of nitrogen functional groups attached to an aromatic ring is 1. The van der Waals surface area contributed by atoms with E-state index >= 15 is 0 Å². The van der Waals surface area contributed by atoms with Crippen LogP contribution in [0.2, 0.25) is 0 Å². The number of oxime groups is 1. The Morgan fingerprint density at radius 1 is 1.38 bits per heavy atom. The van der Waals surface area contributed by atoms with Crippen LogP contribution in [0.25, 0.3) is 0 Å². The molecule has 39 heavy (non-hydrogen) atoms. The Bertz CT molecular complexity index is 1290. The first kappa shape index (κ1) is 27.4. The molecule has 0 spiro atoms. The zero-order chi connectivity index (χ0) is 27.5. The smallest absolute Gasteiger partial charge is 0.352 e. The number of H-pyrrole nitrogens is 1. The molecule has 18 heteroatoms. The third kappa shape index (κ3) is 5.73. The van der Waals surface area contributed by atoms with Crippen LogP contribution >= 0.6 is 34.9 Å². The molecule has 2 fully saturated rings. The Morgan fingerprint density at radius 3 is 2.82 bits per heavy atom. The highest BCUT2D eigenvalue weighted by molar-refractivity contribution is 8.01. The summed E-state index contributed by atoms with van der Waals surface area (Å²) in [6, 6.07) is -0.979. The fourth-order valence-corrected chi connectivity index (χ4v) is 7.65. The van der Waals surface area contributed by atoms with Crippen LogP contribution in [0.15, 0.2) is 27.0 Å². The van der Waals surface area contributed by atoms with Crippen molar-refractivity contribution in [3.05, 3.63) is 22.3 Å². The molecular formula is C21H25N9O6S3. The zero-order valence-corrected chi connectivity index (χ0v) is 22.8. The van der Waals surface area contributed by atoms with Crippen molar-refractivity contribution in [1.29, 1.82) is 0 Å². The van der Waals surface area contributed by atoms with Crippen LogP contribution in [0, 0.1) is 0 Å². The Labute approximate surface area is 234 Å². The molecule has 0 aromatic carbocycles. The number of carboxylic acid groups (broad SMARTS) is 1. The summed E-state index contributed by atoms with van der Waals surface area (Å²) in [5.74, 6) is -2.27. The van der Waals surface area contributed by atoms with Crippen molar-refractivity contribution in [3.8, 4) is 0 Å². The molecule has 6 N–H and O–H groups in total. The van der Waals surface area contributed by atoms with Gasteiger partial charge in [-0.15, -0.1) is 33.3 Å². The van der Waals surface area contributed by atoms with Crippen LogP contribution in [0.1, 0.15) is 37.8 Å². The lowest BCUT2D eigenvalue weighted by molar-refractivity contribution is -0.150. The predicted octanol–water partition coefficient (Wildman–Crippen LogP) is 0.184. The highest BCUT2D eigenvalue weighted by Crippen LogP contribution is 2.44. The number of hydrogen-bond acceptors (Lipinski definition) is 14. The number of aromatic nitrogens is 5. The molecule has 2 aliphatic heterocycles. The molecule has 2 unspecified atom stereocenters. The number of aliphatic carboxylic acids is 1. The van der Waals surface area contributed by atoms with E-state index in [-0.39, 0.29) is 52.3 Å². The van der Waals surface area contributed by atoms with Gasteiger partial charge in [0.15, 0.2) is 10.8 Å². The van der Waals surface area contributed by atoms with Crippen molar-refractivity contribution >= 4 is 63.5 Å². The summed E-state index contributed by atoms with van der Waals surface area (Å²) >= 11 is 3.60. The zero-order valence-electron chi connectivity index (χ0n) is 20.3. The van der Waals surface area contributed by atoms with E-state index < -0.39 is 34.4 Å². The lowest BCUT2D eigenvalue weighted by Crippen LogP contribution is -2.71. The summed E-state index contributed by atoms with van der Waals surface area (Å²) in [5.41, 5.74) is 6.16. The van der Waals surface area contributed by atoms with Gasteiger partial charge in [-0.2, -0.15) is 5.21 Å². The second kappa shape index (κ2) is 11.9. The first-order valence-electron chi connectivity index (χ1n) is 12.1. The van der Waals surface area contributed by atoms with Gasteiger partial charge in [0.1, 0.15) is 28.9 Å². The van der Waals surface area contributed by atoms with Crippen LogP contribution in [-0.2, 0) is 19.2 Å². The van der Waals surface area contributed by atoms with Crippen molar-refractivity contribution in [2.45, 2.75) is 60.0 Å². The number of carbonyl (C=O) groups is 3. The van der Waals surface area contributed by atoms with Gasteiger partial charge in [-0.05, 0) is 42.9 Å². The fraction of sp³-hybridized carbons (Fsp3) is 0.524. The maximum Gasteiger partial charge on any atom is 0.352 e. The van der Waals surface area contributed by atoms with E-state index in [2.05, 4.69) is 36.1 Å². The number of thiazole rings is 1. The Morgan fingerprint density at radius 2 is 2.18 bits per heavy atom. The molecular weight excluding hydrogens is 570 g/mol. The minimum Gasteiger partial charge on any atom is -0.477 e. The average molecular weight is 596 g/mol. The molecule has 0 radical (unpaired) electrons. The second-order valence-electron chi connectivity index (χ2n) is 8.88. The van der Waals surface area contributed by atoms with Gasteiger partial charge in [0.05, 0.1) is 0 Å². The molecule has 3 aliphatic rings. The Hall–Kier alpha value is -3.22. The number of thioether (sulfide) groups is 2. The molecule has 5 rings (SSSR count). The maximum absolute atomic E-state index is 13.3. The van der Waals surface area contributed by atoms with Crippen molar-refractivity contribution < 1.29 is 29.4 Å². The van der Waals surface area contributed by atoms with Crippen molar-refractivity contribution in [3.63, 3.8) is 0 Å². The average Bonchev–Trinajstić information content (AvgIpc) is 3.70. The fourth-order valence-electron chi connectivity index (χ4n) is 4.57. The number of anilines is 1. The van der Waals surface area contributed by atoms with Crippen LogP contribution < -0.4 is 11.1 Å². The van der Waals surface area contributed by atoms with Gasteiger partial charge in [-0.1, -0.05) is 16.9 Å². The molecule has 2 amide bonds. The minimum absolute atomic E-state index is 0.0997. The highest BCUT2D eigenvalue weighted by atomic mass is 32.2. The van der Waals surface area contributed by atoms with Crippen LogP contribution in [0.5, 0.6) is 0 Å². The van der Waals surface area contributed by atoms with E-state index in [0.717, 1.165) is 48.8 Å². The molecule has 3 atom stereocenters. The first-order valence-corrected chi connectivity index (χ1v) is 14.9. The second-order valence-corrected chi connectivity index (χ2v) is 12.0. The van der Waals surface area contributed by atoms with E-state index in [0.29, 0.717) is 5.57 Å². The van der Waals surface area contributed by atoms with Crippen LogP contribution in [-0.4, -0.2) is 99.3 Å². The molecule has 1 aliphatic carbocycles. The number of aliphatic hydroxyl groups is 1.